The third kappa shape index (κ3) is 3.01. The van der Waals surface area contributed by atoms with Gasteiger partial charge in [0.2, 0.25) is 0 Å². The fourth-order valence-corrected chi connectivity index (χ4v) is 2.60. The van der Waals surface area contributed by atoms with E-state index in [0.717, 1.165) is 43.9 Å². The van der Waals surface area contributed by atoms with Gasteiger partial charge in [-0.1, -0.05) is 0 Å². The monoisotopic (exact) mass is 298 g/mol. The average molecular weight is 298 g/mol. The van der Waals surface area contributed by atoms with Gasteiger partial charge in [-0.2, -0.15) is 10.4 Å². The maximum Gasteiger partial charge on any atom is 0.345 e. The van der Waals surface area contributed by atoms with Crippen molar-refractivity contribution in [1.29, 1.82) is 5.26 Å². The summed E-state index contributed by atoms with van der Waals surface area (Å²) < 4.78 is 3.35. The lowest BCUT2D eigenvalue weighted by atomic mass is 10.2. The number of anilines is 1. The summed E-state index contributed by atoms with van der Waals surface area (Å²) >= 11 is 0. The molecular formula is C15H18N6O. The summed E-state index contributed by atoms with van der Waals surface area (Å²) in [6.07, 6.45) is 5.40. The predicted molar refractivity (Wildman–Crippen MR) is 81.5 cm³/mol. The fourth-order valence-electron chi connectivity index (χ4n) is 2.60. The number of hydrogen-bond acceptors (Lipinski definition) is 5. The summed E-state index contributed by atoms with van der Waals surface area (Å²) in [5.74, 6) is 1.65. The molecule has 0 spiro atoms. The van der Waals surface area contributed by atoms with Crippen LogP contribution in [0, 0.1) is 11.3 Å². The molecule has 2 aromatic rings. The zero-order valence-corrected chi connectivity index (χ0v) is 12.3. The van der Waals surface area contributed by atoms with Crippen LogP contribution in [0.2, 0.25) is 0 Å². The Morgan fingerprint density at radius 2 is 2.27 bits per heavy atom. The van der Waals surface area contributed by atoms with Crippen LogP contribution in [0.15, 0.2) is 23.1 Å². The molecule has 0 fully saturated rings. The highest BCUT2D eigenvalue weighted by Gasteiger charge is 2.15. The Kier molecular flexibility index (Phi) is 4.19. The highest BCUT2D eigenvalue weighted by molar-refractivity contribution is 5.38. The van der Waals surface area contributed by atoms with Gasteiger partial charge in [0.05, 0.1) is 5.56 Å². The van der Waals surface area contributed by atoms with Crippen LogP contribution in [0.25, 0.3) is 0 Å². The highest BCUT2D eigenvalue weighted by Crippen LogP contribution is 2.09. The molecule has 2 aromatic heterocycles. The van der Waals surface area contributed by atoms with Gasteiger partial charge in [0.25, 0.3) is 0 Å². The standard InChI is InChI=1S/C15H18N6O/c16-10-12-5-6-13(18-11-12)17-7-3-9-21-15(22)20-8-2-1-4-14(20)19-21/h5-6,11H,1-4,7-9H2,(H,17,18). The predicted octanol–water partition coefficient (Wildman–Crippen LogP) is 1.15. The molecule has 3 heterocycles. The summed E-state index contributed by atoms with van der Waals surface area (Å²) in [7, 11) is 0. The number of rotatable bonds is 5. The Morgan fingerprint density at radius 3 is 3.00 bits per heavy atom. The third-order valence-electron chi connectivity index (χ3n) is 3.78. The molecule has 22 heavy (non-hydrogen) atoms. The largest absolute Gasteiger partial charge is 0.370 e. The lowest BCUT2D eigenvalue weighted by Gasteiger charge is -2.09. The van der Waals surface area contributed by atoms with Gasteiger partial charge in [-0.25, -0.2) is 14.5 Å². The van der Waals surface area contributed by atoms with E-state index in [1.165, 1.54) is 6.20 Å². The van der Waals surface area contributed by atoms with Crippen molar-refractivity contribution in [3.05, 3.63) is 40.2 Å². The number of aryl methyl sites for hydroxylation is 2. The summed E-state index contributed by atoms with van der Waals surface area (Å²) in [6, 6.07) is 5.54. The van der Waals surface area contributed by atoms with Gasteiger partial charge < -0.3 is 5.32 Å². The van der Waals surface area contributed by atoms with E-state index in [4.69, 9.17) is 5.26 Å². The Hall–Kier alpha value is -2.62. The van der Waals surface area contributed by atoms with E-state index in [2.05, 4.69) is 15.4 Å². The Balaban J connectivity index is 1.52. The van der Waals surface area contributed by atoms with Crippen molar-refractivity contribution >= 4 is 5.82 Å². The molecule has 1 aliphatic heterocycles. The van der Waals surface area contributed by atoms with Gasteiger partial charge in [-0.05, 0) is 31.4 Å². The van der Waals surface area contributed by atoms with Crippen LogP contribution in [0.4, 0.5) is 5.82 Å². The van der Waals surface area contributed by atoms with E-state index in [0.29, 0.717) is 18.7 Å². The fraction of sp³-hybridized carbons (Fsp3) is 0.467. The van der Waals surface area contributed by atoms with E-state index in [1.807, 2.05) is 6.07 Å². The summed E-state index contributed by atoms with van der Waals surface area (Å²) in [5.41, 5.74) is 0.548. The second kappa shape index (κ2) is 6.43. The van der Waals surface area contributed by atoms with Crippen LogP contribution in [-0.2, 0) is 19.5 Å². The van der Waals surface area contributed by atoms with Crippen molar-refractivity contribution in [3.8, 4) is 6.07 Å². The maximum atomic E-state index is 12.1. The molecule has 0 saturated heterocycles. The average Bonchev–Trinajstić information content (AvgIpc) is 2.89. The van der Waals surface area contributed by atoms with Crippen molar-refractivity contribution in [2.24, 2.45) is 0 Å². The van der Waals surface area contributed by atoms with E-state index >= 15 is 0 Å². The zero-order valence-electron chi connectivity index (χ0n) is 12.3. The number of hydrogen-bond donors (Lipinski definition) is 1. The van der Waals surface area contributed by atoms with Crippen LogP contribution in [0.3, 0.4) is 0 Å². The molecule has 1 aliphatic rings. The van der Waals surface area contributed by atoms with Gasteiger partial charge in [0, 0.05) is 32.3 Å². The molecule has 0 bridgehead atoms. The molecule has 0 saturated carbocycles. The second-order valence-corrected chi connectivity index (χ2v) is 5.35. The molecule has 114 valence electrons. The first-order valence-corrected chi connectivity index (χ1v) is 7.54. The molecule has 0 unspecified atom stereocenters. The van der Waals surface area contributed by atoms with E-state index in [-0.39, 0.29) is 5.69 Å². The first-order valence-electron chi connectivity index (χ1n) is 7.54. The van der Waals surface area contributed by atoms with Crippen molar-refractivity contribution in [2.45, 2.75) is 38.8 Å². The Morgan fingerprint density at radius 1 is 1.36 bits per heavy atom. The third-order valence-corrected chi connectivity index (χ3v) is 3.78. The molecule has 7 heteroatoms. The minimum absolute atomic E-state index is 0.00574. The molecule has 0 aliphatic carbocycles. The van der Waals surface area contributed by atoms with Gasteiger partial charge in [-0.3, -0.25) is 4.57 Å². The van der Waals surface area contributed by atoms with Crippen molar-refractivity contribution in [3.63, 3.8) is 0 Å². The summed E-state index contributed by atoms with van der Waals surface area (Å²) in [5, 5.41) is 16.3. The lowest BCUT2D eigenvalue weighted by Crippen LogP contribution is -2.27. The number of nitriles is 1. The number of nitrogens with one attached hydrogen (secondary N) is 1. The van der Waals surface area contributed by atoms with Crippen molar-refractivity contribution in [1.82, 2.24) is 19.3 Å². The topological polar surface area (TPSA) is 88.5 Å². The molecule has 0 atom stereocenters. The first kappa shape index (κ1) is 14.3. The second-order valence-electron chi connectivity index (χ2n) is 5.35. The van der Waals surface area contributed by atoms with E-state index in [9.17, 15) is 4.79 Å². The molecule has 7 nitrogen and oxygen atoms in total. The van der Waals surface area contributed by atoms with Crippen LogP contribution < -0.4 is 11.0 Å². The van der Waals surface area contributed by atoms with Crippen LogP contribution in [-0.4, -0.2) is 25.9 Å². The lowest BCUT2D eigenvalue weighted by molar-refractivity contribution is 0.510. The van der Waals surface area contributed by atoms with Crippen molar-refractivity contribution < 1.29 is 0 Å². The quantitative estimate of drug-likeness (QED) is 0.836. The number of nitrogens with zero attached hydrogens (tertiary/aromatic N) is 5. The van der Waals surface area contributed by atoms with Crippen molar-refractivity contribution in [2.75, 3.05) is 11.9 Å². The smallest absolute Gasteiger partial charge is 0.345 e. The highest BCUT2D eigenvalue weighted by atomic mass is 16.2. The summed E-state index contributed by atoms with van der Waals surface area (Å²) in [6.45, 7) is 2.09. The Bertz CT molecular complexity index is 737. The molecule has 3 rings (SSSR count). The molecule has 0 aromatic carbocycles. The normalized spacial score (nSPS) is 13.4. The number of fused-ring (bicyclic) bond motifs is 1. The minimum atomic E-state index is 0.00574. The SMILES string of the molecule is N#Cc1ccc(NCCCn2nc3n(c2=O)CCCC3)nc1. The molecular weight excluding hydrogens is 280 g/mol. The maximum absolute atomic E-state index is 12.1. The van der Waals surface area contributed by atoms with E-state index in [1.54, 1.807) is 21.4 Å². The number of aromatic nitrogens is 4. The molecule has 0 radical (unpaired) electrons. The number of pyridine rings is 1. The zero-order chi connectivity index (χ0) is 15.4. The molecule has 0 amide bonds. The molecule has 1 N–H and O–H groups in total. The van der Waals surface area contributed by atoms with E-state index < -0.39 is 0 Å². The van der Waals surface area contributed by atoms with Gasteiger partial charge in [0.15, 0.2) is 0 Å². The van der Waals surface area contributed by atoms with Crippen LogP contribution in [0.5, 0.6) is 0 Å². The van der Waals surface area contributed by atoms with Crippen LogP contribution in [0.1, 0.15) is 30.7 Å². The summed E-state index contributed by atoms with van der Waals surface area (Å²) in [4.78, 5) is 16.3. The van der Waals surface area contributed by atoms with Gasteiger partial charge >= 0.3 is 5.69 Å². The van der Waals surface area contributed by atoms with Gasteiger partial charge in [0.1, 0.15) is 17.7 Å². The minimum Gasteiger partial charge on any atom is -0.370 e. The van der Waals surface area contributed by atoms with Crippen LogP contribution >= 0.6 is 0 Å². The first-order chi connectivity index (χ1) is 10.8. The van der Waals surface area contributed by atoms with Gasteiger partial charge in [-0.15, -0.1) is 0 Å². The Labute approximate surface area is 128 Å².